The summed E-state index contributed by atoms with van der Waals surface area (Å²) in [6, 6.07) is 0. The molecule has 8 heteroatoms. The van der Waals surface area contributed by atoms with Crippen LogP contribution in [0.3, 0.4) is 0 Å². The van der Waals surface area contributed by atoms with E-state index in [9.17, 15) is 0 Å². The van der Waals surface area contributed by atoms with Crippen molar-refractivity contribution in [2.45, 2.75) is 0 Å². The first-order chi connectivity index (χ1) is 2.00. The third kappa shape index (κ3) is 1280. The molecular weight excluding hydrogens is 186 g/mol. The Hall–Kier alpha value is 0.380. The molecule has 0 aromatic heterocycles. The fourth-order valence-corrected chi connectivity index (χ4v) is 0. The molecule has 8 heavy (non-hydrogen) atoms. The van der Waals surface area contributed by atoms with Crippen LogP contribution in [0.15, 0.2) is 0 Å². The summed E-state index contributed by atoms with van der Waals surface area (Å²) < 4.78 is 34.1. The van der Waals surface area contributed by atoms with Gasteiger partial charge in [-0.3, -0.25) is 13.1 Å². The molecule has 0 aromatic rings. The standard InChI is InChI=1S/2Cl.FH.H2O4S/c;;;1-5(2,3)4/h;;1H;(H2,1,2,3,4)/q2*+1;;/p-2. The van der Waals surface area contributed by atoms with Gasteiger partial charge in [0.15, 0.2) is 0 Å². The molecule has 4 nitrogen and oxygen atoms in total. The largest absolute Gasteiger partial charge is 1.00 e. The van der Waals surface area contributed by atoms with Crippen LogP contribution in [0.4, 0.5) is 4.70 Å². The fraction of sp³-hybridized carbons (Fsp3) is 0. The third-order valence-corrected chi connectivity index (χ3v) is 0. The summed E-state index contributed by atoms with van der Waals surface area (Å²) in [6.45, 7) is 0. The lowest BCUT2D eigenvalue weighted by atomic mass is 15.8. The van der Waals surface area contributed by atoms with Crippen molar-refractivity contribution in [3.05, 3.63) is 0 Å². The van der Waals surface area contributed by atoms with E-state index in [-0.39, 0.29) is 29.5 Å². The van der Waals surface area contributed by atoms with Crippen LogP contribution in [0, 0.1) is 24.8 Å². The second-order valence-corrected chi connectivity index (χ2v) is 1.22. The molecule has 52 valence electrons. The van der Waals surface area contributed by atoms with Crippen LogP contribution < -0.4 is 0 Å². The predicted octanol–water partition coefficient (Wildman–Crippen LogP) is -1.19. The molecule has 0 spiro atoms. The Morgan fingerprint density at radius 1 is 1.00 bits per heavy atom. The lowest BCUT2D eigenvalue weighted by Gasteiger charge is -2.06. The van der Waals surface area contributed by atoms with Gasteiger partial charge in [0.25, 0.3) is 0 Å². The zero-order valence-corrected chi connectivity index (χ0v) is 5.53. The smallest absolute Gasteiger partial charge is 0.759 e. The molecule has 0 aliphatic heterocycles. The number of rotatable bonds is 0. The van der Waals surface area contributed by atoms with E-state index in [1.54, 1.807) is 0 Å². The van der Waals surface area contributed by atoms with Crippen LogP contribution in [-0.4, -0.2) is 17.5 Å². The molecule has 0 atom stereocenters. The van der Waals surface area contributed by atoms with E-state index in [4.69, 9.17) is 17.5 Å². The number of hydrogen-bond acceptors (Lipinski definition) is 4. The summed E-state index contributed by atoms with van der Waals surface area (Å²) in [5.41, 5.74) is 0. The fourth-order valence-electron chi connectivity index (χ4n) is 0. The first kappa shape index (κ1) is 23.8. The molecule has 0 unspecified atom stereocenters. The number of halogens is 3. The highest BCUT2D eigenvalue weighted by atomic mass is 35.5. The van der Waals surface area contributed by atoms with E-state index < -0.39 is 10.4 Å². The molecule has 0 fully saturated rings. The summed E-state index contributed by atoms with van der Waals surface area (Å²) in [6.07, 6.45) is 0. The summed E-state index contributed by atoms with van der Waals surface area (Å²) in [5.74, 6) is 0. The molecule has 0 aliphatic carbocycles. The monoisotopic (exact) mass is 186 g/mol. The van der Waals surface area contributed by atoms with E-state index in [0.29, 0.717) is 0 Å². The Labute approximate surface area is 58.0 Å². The van der Waals surface area contributed by atoms with Crippen molar-refractivity contribution in [1.82, 2.24) is 0 Å². The van der Waals surface area contributed by atoms with Crippen molar-refractivity contribution in [1.29, 1.82) is 0 Å². The summed E-state index contributed by atoms with van der Waals surface area (Å²) in [7, 11) is -5.17. The van der Waals surface area contributed by atoms with Gasteiger partial charge in [-0.05, 0) is 0 Å². The average molecular weight is 187 g/mol. The third-order valence-electron chi connectivity index (χ3n) is 0. The average Bonchev–Trinajstić information content (AvgIpc) is 0.722. The molecule has 0 N–H and O–H groups in total. The van der Waals surface area contributed by atoms with Crippen molar-refractivity contribution < 1.29 is 47.0 Å². The highest BCUT2D eigenvalue weighted by Gasteiger charge is 1.49. The molecule has 0 amide bonds. The Morgan fingerprint density at radius 3 is 1.00 bits per heavy atom. The maximum atomic E-state index is 8.52. The van der Waals surface area contributed by atoms with Gasteiger partial charge in [0.05, 0.1) is 0 Å². The molecular formula is HCl2FO4S. The minimum Gasteiger partial charge on any atom is -0.759 e. The van der Waals surface area contributed by atoms with E-state index in [1.807, 2.05) is 0 Å². The van der Waals surface area contributed by atoms with Gasteiger partial charge in [-0.25, -0.2) is 0 Å². The van der Waals surface area contributed by atoms with E-state index in [0.717, 1.165) is 0 Å². The minimum atomic E-state index is -5.17. The van der Waals surface area contributed by atoms with Crippen LogP contribution in [0.25, 0.3) is 0 Å². The van der Waals surface area contributed by atoms with Gasteiger partial charge in [0, 0.05) is 10.4 Å². The van der Waals surface area contributed by atoms with Crippen LogP contribution in [-0.2, 0) is 10.4 Å². The van der Waals surface area contributed by atoms with Crippen LogP contribution in [0.1, 0.15) is 0 Å². The molecule has 0 aliphatic rings. The maximum Gasteiger partial charge on any atom is 1.00 e. The van der Waals surface area contributed by atoms with Crippen molar-refractivity contribution in [3.8, 4) is 0 Å². The van der Waals surface area contributed by atoms with Crippen LogP contribution >= 0.6 is 0 Å². The second-order valence-electron chi connectivity index (χ2n) is 0.408. The van der Waals surface area contributed by atoms with Crippen molar-refractivity contribution in [2.24, 2.45) is 0 Å². The van der Waals surface area contributed by atoms with Gasteiger partial charge < -0.3 is 9.11 Å². The predicted molar refractivity (Wildman–Crippen MR) is 13.0 cm³/mol. The number of hydrogen-bond donors (Lipinski definition) is 0. The van der Waals surface area contributed by atoms with Gasteiger partial charge in [-0.2, -0.15) is 0 Å². The Kier molecular flexibility index (Phi) is 21.9. The first-order valence-electron chi connectivity index (χ1n) is 0.667. The molecule has 0 saturated heterocycles. The quantitative estimate of drug-likeness (QED) is 0.353. The molecule has 0 aromatic carbocycles. The minimum absolute atomic E-state index is 0. The zero-order valence-electron chi connectivity index (χ0n) is 3.21. The molecule has 0 bridgehead atoms. The van der Waals surface area contributed by atoms with Gasteiger partial charge in [-0.1, -0.05) is 0 Å². The first-order valence-corrected chi connectivity index (χ1v) is 2.00. The molecule has 0 rings (SSSR count). The van der Waals surface area contributed by atoms with Gasteiger partial charge in [0.2, 0.25) is 0 Å². The summed E-state index contributed by atoms with van der Waals surface area (Å²) >= 11 is 0. The Bertz CT molecular complexity index is 97.2. The van der Waals surface area contributed by atoms with Crippen LogP contribution in [0.5, 0.6) is 0 Å². The lowest BCUT2D eigenvalue weighted by molar-refractivity contribution is -0.001000. The highest BCUT2D eigenvalue weighted by Crippen LogP contribution is 1.57. The van der Waals surface area contributed by atoms with Crippen molar-refractivity contribution >= 4 is 10.4 Å². The highest BCUT2D eigenvalue weighted by molar-refractivity contribution is 7.79. The van der Waals surface area contributed by atoms with Crippen LogP contribution in [0.2, 0.25) is 0 Å². The van der Waals surface area contributed by atoms with Crippen molar-refractivity contribution in [2.75, 3.05) is 0 Å². The van der Waals surface area contributed by atoms with E-state index >= 15 is 0 Å². The SMILES string of the molecule is F.O=S(=O)([O-])[O-].[Cl+].[Cl+]. The summed E-state index contributed by atoms with van der Waals surface area (Å²) in [4.78, 5) is 0. The molecule has 0 saturated carbocycles. The van der Waals surface area contributed by atoms with Crippen molar-refractivity contribution in [3.63, 3.8) is 0 Å². The second kappa shape index (κ2) is 7.38. The van der Waals surface area contributed by atoms with Gasteiger partial charge >= 0.3 is 24.8 Å². The maximum absolute atomic E-state index is 8.52. The Morgan fingerprint density at radius 2 is 1.00 bits per heavy atom. The molecule has 0 heterocycles. The Balaban J connectivity index is -0.0000000267. The zero-order chi connectivity index (χ0) is 4.50. The van der Waals surface area contributed by atoms with E-state index in [2.05, 4.69) is 0 Å². The normalized spacial score (nSPS) is 7.25. The lowest BCUT2D eigenvalue weighted by Crippen LogP contribution is -1.91. The molecule has 4 radical (unpaired) electrons. The summed E-state index contributed by atoms with van der Waals surface area (Å²) in [5, 5.41) is 0. The van der Waals surface area contributed by atoms with Gasteiger partial charge in [-0.15, -0.1) is 0 Å². The van der Waals surface area contributed by atoms with E-state index in [1.165, 1.54) is 0 Å². The topological polar surface area (TPSA) is 80.3 Å². The van der Waals surface area contributed by atoms with Gasteiger partial charge in [0.1, 0.15) is 0 Å².